The molecule has 0 aliphatic heterocycles. The maximum Gasteiger partial charge on any atom is 0.673 e. The molecule has 0 nitrogen and oxygen atoms in total. The van der Waals surface area contributed by atoms with Crippen LogP contribution in [-0.2, 0) is 20.1 Å². The number of rotatable bonds is 0. The molecule has 2 radical (unpaired) electrons. The van der Waals surface area contributed by atoms with Crippen molar-refractivity contribution in [2.75, 3.05) is 0 Å². The maximum atomic E-state index is 9.75. The zero-order valence-electron chi connectivity index (χ0n) is 18.7. The number of hydrogen-bond donors (Lipinski definition) is 0. The summed E-state index contributed by atoms with van der Waals surface area (Å²) in [6, 6.07) is 8.56. The summed E-state index contributed by atoms with van der Waals surface area (Å²) in [5.41, 5.74) is 7.31. The molecule has 0 atom stereocenters. The molecule has 0 unspecified atom stereocenters. The molecular formula is C20H25B2F8IrS-2. The van der Waals surface area contributed by atoms with Crippen molar-refractivity contribution >= 4 is 35.9 Å². The summed E-state index contributed by atoms with van der Waals surface area (Å²) in [6.45, 7) is 15.4. The predicted molar refractivity (Wildman–Crippen MR) is 117 cm³/mol. The SMILES string of the molecule is C[C]1C(C)=C(C)C(C)=C1C.Cc1sc2ccccc2c1C.F[B-](F)(F)F.F[B-](F)(F)F.[Ir]. The minimum absolute atomic E-state index is 0. The molecule has 1 aliphatic rings. The summed E-state index contributed by atoms with van der Waals surface area (Å²) in [5.74, 6) is 1.47. The molecule has 1 aromatic heterocycles. The Hall–Kier alpha value is -1.12. The molecule has 0 N–H and O–H groups in total. The van der Waals surface area contributed by atoms with Gasteiger partial charge in [-0.25, -0.2) is 0 Å². The van der Waals surface area contributed by atoms with E-state index in [-0.39, 0.29) is 20.1 Å². The Bertz CT molecular complexity index is 882. The summed E-state index contributed by atoms with van der Waals surface area (Å²) in [6.07, 6.45) is 0. The quantitative estimate of drug-likeness (QED) is 0.195. The second kappa shape index (κ2) is 13.6. The van der Waals surface area contributed by atoms with Crippen LogP contribution in [0.1, 0.15) is 45.1 Å². The van der Waals surface area contributed by atoms with E-state index in [0.717, 1.165) is 0 Å². The van der Waals surface area contributed by atoms with Gasteiger partial charge in [0.05, 0.1) is 0 Å². The van der Waals surface area contributed by atoms with Gasteiger partial charge in [0.15, 0.2) is 0 Å². The van der Waals surface area contributed by atoms with Crippen LogP contribution in [0.25, 0.3) is 10.1 Å². The van der Waals surface area contributed by atoms with Gasteiger partial charge < -0.3 is 34.5 Å². The molecule has 12 heteroatoms. The van der Waals surface area contributed by atoms with E-state index in [4.69, 9.17) is 0 Å². The normalized spacial score (nSPS) is 14.1. The number of halogens is 8. The molecule has 1 aromatic carbocycles. The van der Waals surface area contributed by atoms with E-state index in [0.29, 0.717) is 0 Å². The van der Waals surface area contributed by atoms with Gasteiger partial charge in [-0.3, -0.25) is 0 Å². The first kappa shape index (κ1) is 33.1. The first-order valence-corrected chi connectivity index (χ1v) is 10.0. The van der Waals surface area contributed by atoms with Crippen LogP contribution in [0, 0.1) is 19.8 Å². The Morgan fingerprint density at radius 2 is 0.938 bits per heavy atom. The van der Waals surface area contributed by atoms with Crippen molar-refractivity contribution in [2.45, 2.75) is 48.5 Å². The molecule has 1 aliphatic carbocycles. The van der Waals surface area contributed by atoms with Crippen molar-refractivity contribution < 1.29 is 54.6 Å². The van der Waals surface area contributed by atoms with Crippen molar-refractivity contribution in [3.63, 3.8) is 0 Å². The van der Waals surface area contributed by atoms with Crippen molar-refractivity contribution in [1.29, 1.82) is 0 Å². The fraction of sp³-hybridized carbons (Fsp3) is 0.350. The van der Waals surface area contributed by atoms with Gasteiger partial charge in [-0.05, 0) is 69.7 Å². The van der Waals surface area contributed by atoms with E-state index in [9.17, 15) is 34.5 Å². The number of fused-ring (bicyclic) bond motifs is 1. The van der Waals surface area contributed by atoms with Crippen molar-refractivity contribution in [3.05, 3.63) is 62.9 Å². The van der Waals surface area contributed by atoms with Crippen LogP contribution in [0.15, 0.2) is 46.6 Å². The number of hydrogen-bond acceptors (Lipinski definition) is 1. The van der Waals surface area contributed by atoms with E-state index in [1.165, 1.54) is 48.7 Å². The Kier molecular flexibility index (Phi) is 14.0. The molecule has 3 rings (SSSR count). The van der Waals surface area contributed by atoms with Crippen LogP contribution in [0.3, 0.4) is 0 Å². The van der Waals surface area contributed by atoms with E-state index in [1.807, 2.05) is 11.3 Å². The molecule has 0 saturated carbocycles. The summed E-state index contributed by atoms with van der Waals surface area (Å²) in [7, 11) is -12.0. The van der Waals surface area contributed by atoms with Crippen molar-refractivity contribution in [1.82, 2.24) is 0 Å². The topological polar surface area (TPSA) is 0 Å². The van der Waals surface area contributed by atoms with E-state index < -0.39 is 14.5 Å². The summed E-state index contributed by atoms with van der Waals surface area (Å²) in [5, 5.41) is 1.41. The molecule has 184 valence electrons. The minimum atomic E-state index is -6.00. The zero-order valence-corrected chi connectivity index (χ0v) is 21.9. The largest absolute Gasteiger partial charge is 0.673 e. The number of benzene rings is 1. The molecule has 1 heterocycles. The summed E-state index contributed by atoms with van der Waals surface area (Å²) >= 11 is 1.88. The second-order valence-electron chi connectivity index (χ2n) is 6.89. The van der Waals surface area contributed by atoms with Crippen molar-refractivity contribution in [3.8, 4) is 0 Å². The standard InChI is InChI=1S/C10H10S.C10H15.2BF4.Ir/c1-7-8(2)11-10-6-4-3-5-9(7)10;1-6-7(2)9(4)10(5)8(6)3;2*2-1(3,4)5;/h3-6H,1-2H3;1-5H3;;;/q;;2*-1;. The molecule has 0 bridgehead atoms. The first-order valence-electron chi connectivity index (χ1n) is 9.23. The van der Waals surface area contributed by atoms with Gasteiger partial charge in [-0.1, -0.05) is 36.3 Å². The third kappa shape index (κ3) is 12.8. The molecule has 0 fully saturated rings. The van der Waals surface area contributed by atoms with Gasteiger partial charge >= 0.3 is 14.5 Å². The van der Waals surface area contributed by atoms with Gasteiger partial charge in [0.25, 0.3) is 0 Å². The number of aryl methyl sites for hydroxylation is 2. The second-order valence-corrected chi connectivity index (χ2v) is 8.15. The predicted octanol–water partition coefficient (Wildman–Crippen LogP) is 9.38. The Morgan fingerprint density at radius 3 is 1.22 bits per heavy atom. The Morgan fingerprint density at radius 1 is 0.594 bits per heavy atom. The fourth-order valence-electron chi connectivity index (χ4n) is 2.70. The third-order valence-electron chi connectivity index (χ3n) is 4.89. The van der Waals surface area contributed by atoms with Crippen molar-refractivity contribution in [2.24, 2.45) is 0 Å². The van der Waals surface area contributed by atoms with Gasteiger partial charge in [-0.15, -0.1) is 11.3 Å². The van der Waals surface area contributed by atoms with Gasteiger partial charge in [-0.2, -0.15) is 0 Å². The first-order chi connectivity index (χ1) is 13.8. The zero-order chi connectivity index (χ0) is 24.7. The van der Waals surface area contributed by atoms with Crippen LogP contribution < -0.4 is 0 Å². The molecule has 2 aromatic rings. The average molecular weight is 663 g/mol. The summed E-state index contributed by atoms with van der Waals surface area (Å²) < 4.78 is 79.4. The molecule has 0 spiro atoms. The van der Waals surface area contributed by atoms with Crippen LogP contribution in [0.2, 0.25) is 0 Å². The molecule has 0 saturated heterocycles. The van der Waals surface area contributed by atoms with Crippen LogP contribution in [0.4, 0.5) is 34.5 Å². The number of allylic oxidation sites excluding steroid dienone is 4. The minimum Gasteiger partial charge on any atom is -0.418 e. The van der Waals surface area contributed by atoms with Crippen LogP contribution in [0.5, 0.6) is 0 Å². The average Bonchev–Trinajstić information content (AvgIpc) is 2.98. The monoisotopic (exact) mass is 664 g/mol. The maximum absolute atomic E-state index is 9.75. The van der Waals surface area contributed by atoms with E-state index in [2.05, 4.69) is 72.7 Å². The Balaban J connectivity index is 0. The third-order valence-corrected chi connectivity index (χ3v) is 6.08. The van der Waals surface area contributed by atoms with Crippen LogP contribution in [-0.4, -0.2) is 14.5 Å². The summed E-state index contributed by atoms with van der Waals surface area (Å²) in [4.78, 5) is 1.44. The van der Waals surface area contributed by atoms with Gasteiger partial charge in [0.1, 0.15) is 0 Å². The Labute approximate surface area is 201 Å². The molecular weight excluding hydrogens is 638 g/mol. The van der Waals surface area contributed by atoms with Gasteiger partial charge in [0.2, 0.25) is 0 Å². The van der Waals surface area contributed by atoms with Crippen LogP contribution >= 0.6 is 11.3 Å². The smallest absolute Gasteiger partial charge is 0.418 e. The van der Waals surface area contributed by atoms with E-state index in [1.54, 1.807) is 0 Å². The van der Waals surface area contributed by atoms with E-state index >= 15 is 0 Å². The fourth-order valence-corrected chi connectivity index (χ4v) is 3.77. The molecule has 0 amide bonds. The number of thiophene rings is 1. The molecule has 32 heavy (non-hydrogen) atoms. The van der Waals surface area contributed by atoms with Gasteiger partial charge in [0, 0.05) is 35.6 Å².